The van der Waals surface area contributed by atoms with E-state index in [1.165, 1.54) is 5.00 Å². The SMILES string of the molecule is CCNC(=NCc1cc(CC)no1)NC1CCN(c2cccs2)CC1. The number of hydrogen-bond donors (Lipinski definition) is 2. The first-order valence-electron chi connectivity index (χ1n) is 9.06. The first-order chi connectivity index (χ1) is 12.3. The molecule has 0 aliphatic carbocycles. The molecule has 1 aliphatic rings. The Morgan fingerprint density at radius 3 is 2.88 bits per heavy atom. The molecule has 2 aromatic heterocycles. The van der Waals surface area contributed by atoms with Crippen LogP contribution < -0.4 is 15.5 Å². The van der Waals surface area contributed by atoms with Gasteiger partial charge in [0.05, 0.1) is 10.7 Å². The summed E-state index contributed by atoms with van der Waals surface area (Å²) in [6, 6.07) is 6.75. The van der Waals surface area contributed by atoms with Crippen molar-refractivity contribution in [2.24, 2.45) is 4.99 Å². The fourth-order valence-electron chi connectivity index (χ4n) is 2.96. The van der Waals surface area contributed by atoms with E-state index in [2.05, 4.69) is 57.0 Å². The lowest BCUT2D eigenvalue weighted by Crippen LogP contribution is -2.48. The number of hydrogen-bond acceptors (Lipinski definition) is 5. The van der Waals surface area contributed by atoms with E-state index in [4.69, 9.17) is 4.52 Å². The van der Waals surface area contributed by atoms with Crippen molar-refractivity contribution in [3.8, 4) is 0 Å². The van der Waals surface area contributed by atoms with Crippen molar-refractivity contribution in [2.75, 3.05) is 24.5 Å². The lowest BCUT2D eigenvalue weighted by atomic mass is 10.1. The van der Waals surface area contributed by atoms with Crippen LogP contribution in [-0.4, -0.2) is 36.8 Å². The number of aliphatic imine (C=N–C) groups is 1. The van der Waals surface area contributed by atoms with E-state index in [-0.39, 0.29) is 0 Å². The van der Waals surface area contributed by atoms with Crippen LogP contribution in [0.15, 0.2) is 33.1 Å². The van der Waals surface area contributed by atoms with E-state index >= 15 is 0 Å². The maximum Gasteiger partial charge on any atom is 0.191 e. The molecule has 136 valence electrons. The molecule has 2 N–H and O–H groups in total. The fourth-order valence-corrected chi connectivity index (χ4v) is 3.75. The maximum absolute atomic E-state index is 5.31. The van der Waals surface area contributed by atoms with E-state index < -0.39 is 0 Å². The minimum absolute atomic E-state index is 0.454. The molecule has 7 heteroatoms. The minimum atomic E-state index is 0.454. The van der Waals surface area contributed by atoms with Gasteiger partial charge in [0.25, 0.3) is 0 Å². The summed E-state index contributed by atoms with van der Waals surface area (Å²) in [5, 5.41) is 14.4. The standard InChI is InChI=1S/C18H27N5OS/c1-3-14-12-16(24-22-14)13-20-18(19-4-2)21-15-7-9-23(10-8-15)17-6-5-11-25-17/h5-6,11-12,15H,3-4,7-10,13H2,1-2H3,(H2,19,20,21). The molecule has 0 radical (unpaired) electrons. The van der Waals surface area contributed by atoms with E-state index in [0.717, 1.165) is 56.3 Å². The number of aromatic nitrogens is 1. The van der Waals surface area contributed by atoms with Crippen molar-refractivity contribution in [1.29, 1.82) is 0 Å². The second kappa shape index (κ2) is 8.89. The topological polar surface area (TPSA) is 65.7 Å². The first-order valence-corrected chi connectivity index (χ1v) is 9.94. The molecule has 1 saturated heterocycles. The molecule has 0 unspecified atom stereocenters. The van der Waals surface area contributed by atoms with Crippen molar-refractivity contribution in [3.05, 3.63) is 35.0 Å². The van der Waals surface area contributed by atoms with Gasteiger partial charge in [-0.25, -0.2) is 4.99 Å². The molecule has 0 spiro atoms. The number of thiophene rings is 1. The Morgan fingerprint density at radius 2 is 2.24 bits per heavy atom. The van der Waals surface area contributed by atoms with Gasteiger partial charge in [0.1, 0.15) is 6.54 Å². The number of guanidine groups is 1. The molecule has 3 heterocycles. The highest BCUT2D eigenvalue weighted by Crippen LogP contribution is 2.24. The van der Waals surface area contributed by atoms with Gasteiger partial charge in [0.15, 0.2) is 11.7 Å². The van der Waals surface area contributed by atoms with Crippen LogP contribution in [0.4, 0.5) is 5.00 Å². The highest BCUT2D eigenvalue weighted by Gasteiger charge is 2.20. The maximum atomic E-state index is 5.31. The van der Waals surface area contributed by atoms with Crippen molar-refractivity contribution in [2.45, 2.75) is 45.7 Å². The summed E-state index contributed by atoms with van der Waals surface area (Å²) in [5.74, 6) is 1.66. The van der Waals surface area contributed by atoms with Gasteiger partial charge < -0.3 is 20.1 Å². The predicted octanol–water partition coefficient (Wildman–Crippen LogP) is 3.02. The van der Waals surface area contributed by atoms with Crippen LogP contribution in [-0.2, 0) is 13.0 Å². The minimum Gasteiger partial charge on any atom is -0.363 e. The van der Waals surface area contributed by atoms with Gasteiger partial charge in [0, 0.05) is 31.7 Å². The average molecular weight is 362 g/mol. The number of nitrogens with one attached hydrogen (secondary N) is 2. The molecule has 1 fully saturated rings. The van der Waals surface area contributed by atoms with Crippen LogP contribution in [0.2, 0.25) is 0 Å². The van der Waals surface area contributed by atoms with E-state index in [9.17, 15) is 0 Å². The normalized spacial score (nSPS) is 16.2. The second-order valence-electron chi connectivity index (χ2n) is 6.19. The van der Waals surface area contributed by atoms with E-state index in [1.54, 1.807) is 0 Å². The third-order valence-corrected chi connectivity index (χ3v) is 5.29. The summed E-state index contributed by atoms with van der Waals surface area (Å²) in [7, 11) is 0. The Morgan fingerprint density at radius 1 is 1.40 bits per heavy atom. The number of anilines is 1. The number of rotatable bonds is 6. The molecule has 1 aliphatic heterocycles. The number of nitrogens with zero attached hydrogens (tertiary/aromatic N) is 3. The summed E-state index contributed by atoms with van der Waals surface area (Å²) in [4.78, 5) is 7.11. The molecule has 0 aromatic carbocycles. The summed E-state index contributed by atoms with van der Waals surface area (Å²) >= 11 is 1.82. The summed E-state index contributed by atoms with van der Waals surface area (Å²) in [6.07, 6.45) is 3.11. The van der Waals surface area contributed by atoms with Crippen LogP contribution in [0.3, 0.4) is 0 Å². The fraction of sp³-hybridized carbons (Fsp3) is 0.556. The first kappa shape index (κ1) is 17.8. The van der Waals surface area contributed by atoms with Gasteiger partial charge in [-0.3, -0.25) is 0 Å². The Labute approximate surface area is 153 Å². The van der Waals surface area contributed by atoms with Crippen molar-refractivity contribution in [1.82, 2.24) is 15.8 Å². The Hall–Kier alpha value is -2.02. The molecule has 6 nitrogen and oxygen atoms in total. The average Bonchev–Trinajstić information content (AvgIpc) is 3.32. The van der Waals surface area contributed by atoms with Crippen molar-refractivity contribution < 1.29 is 4.52 Å². The van der Waals surface area contributed by atoms with Crippen LogP contribution in [0.1, 0.15) is 38.1 Å². The molecule has 25 heavy (non-hydrogen) atoms. The number of piperidine rings is 1. The van der Waals surface area contributed by atoms with Crippen LogP contribution in [0, 0.1) is 0 Å². The molecule has 0 amide bonds. The Bertz CT molecular complexity index is 659. The molecular weight excluding hydrogens is 334 g/mol. The summed E-state index contributed by atoms with van der Waals surface area (Å²) < 4.78 is 5.31. The Balaban J connectivity index is 1.52. The second-order valence-corrected chi connectivity index (χ2v) is 7.12. The zero-order valence-electron chi connectivity index (χ0n) is 15.0. The van der Waals surface area contributed by atoms with Crippen LogP contribution in [0.25, 0.3) is 0 Å². The third kappa shape index (κ3) is 4.98. The zero-order chi connectivity index (χ0) is 17.5. The van der Waals surface area contributed by atoms with Crippen molar-refractivity contribution >= 4 is 22.3 Å². The molecule has 2 aromatic rings. The smallest absolute Gasteiger partial charge is 0.191 e. The van der Waals surface area contributed by atoms with Gasteiger partial charge in [-0.2, -0.15) is 0 Å². The van der Waals surface area contributed by atoms with E-state index in [1.807, 2.05) is 17.4 Å². The largest absolute Gasteiger partial charge is 0.363 e. The highest BCUT2D eigenvalue weighted by molar-refractivity contribution is 7.14. The molecule has 0 bridgehead atoms. The highest BCUT2D eigenvalue weighted by atomic mass is 32.1. The molecule has 3 rings (SSSR count). The molecule has 0 atom stereocenters. The lowest BCUT2D eigenvalue weighted by Gasteiger charge is -2.33. The van der Waals surface area contributed by atoms with Gasteiger partial charge >= 0.3 is 0 Å². The van der Waals surface area contributed by atoms with Gasteiger partial charge in [-0.1, -0.05) is 12.1 Å². The van der Waals surface area contributed by atoms with Crippen LogP contribution in [0.5, 0.6) is 0 Å². The summed E-state index contributed by atoms with van der Waals surface area (Å²) in [6.45, 7) is 7.67. The van der Waals surface area contributed by atoms with Gasteiger partial charge in [0.2, 0.25) is 0 Å². The zero-order valence-corrected chi connectivity index (χ0v) is 15.8. The third-order valence-electron chi connectivity index (χ3n) is 4.36. The molecule has 0 saturated carbocycles. The Kier molecular flexibility index (Phi) is 6.33. The number of aryl methyl sites for hydroxylation is 1. The predicted molar refractivity (Wildman–Crippen MR) is 103 cm³/mol. The van der Waals surface area contributed by atoms with E-state index in [0.29, 0.717) is 12.6 Å². The van der Waals surface area contributed by atoms with Gasteiger partial charge in [-0.05, 0) is 43.7 Å². The molecular formula is C18H27N5OS. The monoisotopic (exact) mass is 361 g/mol. The summed E-state index contributed by atoms with van der Waals surface area (Å²) in [5.41, 5.74) is 0.976. The lowest BCUT2D eigenvalue weighted by molar-refractivity contribution is 0.379. The van der Waals surface area contributed by atoms with Crippen LogP contribution >= 0.6 is 11.3 Å². The quantitative estimate of drug-likeness (QED) is 0.612. The van der Waals surface area contributed by atoms with Gasteiger partial charge in [-0.15, -0.1) is 11.3 Å². The van der Waals surface area contributed by atoms with Crippen molar-refractivity contribution in [3.63, 3.8) is 0 Å².